The fraction of sp³-hybridized carbons (Fsp3) is 0.571. The third kappa shape index (κ3) is 3.39. The van der Waals surface area contributed by atoms with Crippen LogP contribution in [0.4, 0.5) is 11.8 Å². The van der Waals surface area contributed by atoms with Crippen molar-refractivity contribution in [2.24, 2.45) is 5.84 Å². The zero-order valence-electron chi connectivity index (χ0n) is 13.2. The summed E-state index contributed by atoms with van der Waals surface area (Å²) in [6, 6.07) is 3.90. The molecule has 0 aromatic carbocycles. The quantitative estimate of drug-likeness (QED) is 0.671. The molecule has 0 amide bonds. The summed E-state index contributed by atoms with van der Waals surface area (Å²) in [5.74, 6) is 7.29. The molecule has 0 aliphatic carbocycles. The highest BCUT2D eigenvalue weighted by Crippen LogP contribution is 2.19. The van der Waals surface area contributed by atoms with Crippen molar-refractivity contribution < 1.29 is 0 Å². The van der Waals surface area contributed by atoms with Gasteiger partial charge in [-0.05, 0) is 25.5 Å². The molecule has 0 radical (unpaired) electrons. The number of nitrogens with two attached hydrogens (primary N) is 1. The van der Waals surface area contributed by atoms with Gasteiger partial charge in [0.1, 0.15) is 5.52 Å². The molecule has 2 aromatic rings. The molecular weight excluding hydrogens is 252 g/mol. The summed E-state index contributed by atoms with van der Waals surface area (Å²) in [5, 5.41) is 6.05. The molecule has 6 nitrogen and oxygen atoms in total. The summed E-state index contributed by atoms with van der Waals surface area (Å²) >= 11 is 0. The lowest BCUT2D eigenvalue weighted by Crippen LogP contribution is -2.30. The highest BCUT2D eigenvalue weighted by molar-refractivity contribution is 5.69. The second-order valence-electron chi connectivity index (χ2n) is 4.26. The van der Waals surface area contributed by atoms with Crippen LogP contribution in [-0.4, -0.2) is 34.7 Å². The maximum Gasteiger partial charge on any atom is 0.245 e. The Bertz CT molecular complexity index is 519. The predicted molar refractivity (Wildman–Crippen MR) is 85.1 cm³/mol. The average molecular weight is 278 g/mol. The molecule has 0 saturated carbocycles. The molecule has 6 heteroatoms. The Labute approximate surface area is 121 Å². The SMILES string of the molecule is CC.CCCN(CC)c1nc(N(C)N)c2cccn2n1. The van der Waals surface area contributed by atoms with Crippen LogP contribution in [0.25, 0.3) is 5.52 Å². The van der Waals surface area contributed by atoms with Crippen LogP contribution in [0.15, 0.2) is 18.3 Å². The van der Waals surface area contributed by atoms with E-state index < -0.39 is 0 Å². The van der Waals surface area contributed by atoms with E-state index in [1.807, 2.05) is 36.7 Å². The van der Waals surface area contributed by atoms with E-state index in [1.54, 1.807) is 7.05 Å². The van der Waals surface area contributed by atoms with Gasteiger partial charge in [-0.2, -0.15) is 4.98 Å². The van der Waals surface area contributed by atoms with E-state index >= 15 is 0 Å². The third-order valence-electron chi connectivity index (χ3n) is 2.85. The van der Waals surface area contributed by atoms with Crippen molar-refractivity contribution in [2.45, 2.75) is 34.1 Å². The van der Waals surface area contributed by atoms with Gasteiger partial charge in [0.25, 0.3) is 0 Å². The second-order valence-corrected chi connectivity index (χ2v) is 4.26. The fourth-order valence-corrected chi connectivity index (χ4v) is 1.97. The number of nitrogens with zero attached hydrogens (tertiary/aromatic N) is 5. The van der Waals surface area contributed by atoms with E-state index in [0.29, 0.717) is 0 Å². The number of rotatable bonds is 5. The van der Waals surface area contributed by atoms with E-state index in [-0.39, 0.29) is 0 Å². The monoisotopic (exact) mass is 278 g/mol. The van der Waals surface area contributed by atoms with E-state index in [4.69, 9.17) is 5.84 Å². The van der Waals surface area contributed by atoms with Gasteiger partial charge in [0, 0.05) is 26.3 Å². The van der Waals surface area contributed by atoms with Gasteiger partial charge < -0.3 is 4.90 Å². The number of aromatic nitrogens is 3. The van der Waals surface area contributed by atoms with E-state index in [1.165, 1.54) is 5.01 Å². The second kappa shape index (κ2) is 7.69. The van der Waals surface area contributed by atoms with Crippen LogP contribution in [-0.2, 0) is 0 Å². The Balaban J connectivity index is 0.000000956. The van der Waals surface area contributed by atoms with Crippen LogP contribution >= 0.6 is 0 Å². The first-order chi connectivity index (χ1) is 9.67. The first-order valence-electron chi connectivity index (χ1n) is 7.26. The van der Waals surface area contributed by atoms with Crippen molar-refractivity contribution in [3.8, 4) is 0 Å². The van der Waals surface area contributed by atoms with Crippen molar-refractivity contribution >= 4 is 17.3 Å². The van der Waals surface area contributed by atoms with Gasteiger partial charge >= 0.3 is 0 Å². The van der Waals surface area contributed by atoms with Crippen LogP contribution < -0.4 is 15.8 Å². The molecule has 2 N–H and O–H groups in total. The summed E-state index contributed by atoms with van der Waals surface area (Å²) in [5.41, 5.74) is 0.913. The Kier molecular flexibility index (Phi) is 6.24. The Morgan fingerprint density at radius 3 is 2.55 bits per heavy atom. The van der Waals surface area contributed by atoms with Crippen molar-refractivity contribution in [2.75, 3.05) is 30.0 Å². The number of hydrazine groups is 1. The largest absolute Gasteiger partial charge is 0.340 e. The number of anilines is 2. The van der Waals surface area contributed by atoms with E-state index in [0.717, 1.165) is 36.8 Å². The number of hydrogen-bond acceptors (Lipinski definition) is 5. The van der Waals surface area contributed by atoms with Gasteiger partial charge in [-0.1, -0.05) is 20.8 Å². The minimum atomic E-state index is 0.718. The maximum atomic E-state index is 5.83. The summed E-state index contributed by atoms with van der Waals surface area (Å²) in [6.45, 7) is 10.1. The molecule has 2 aromatic heterocycles. The normalized spacial score (nSPS) is 10.1. The number of fused-ring (bicyclic) bond motifs is 1. The molecule has 0 fully saturated rings. The molecule has 0 bridgehead atoms. The minimum Gasteiger partial charge on any atom is -0.340 e. The lowest BCUT2D eigenvalue weighted by Gasteiger charge is -2.22. The Hall–Kier alpha value is -1.82. The van der Waals surface area contributed by atoms with Crippen LogP contribution in [0.3, 0.4) is 0 Å². The molecule has 2 rings (SSSR count). The summed E-state index contributed by atoms with van der Waals surface area (Å²) in [4.78, 5) is 6.70. The molecule has 0 saturated heterocycles. The summed E-state index contributed by atoms with van der Waals surface area (Å²) in [6.07, 6.45) is 2.97. The molecule has 2 heterocycles. The van der Waals surface area contributed by atoms with Crippen molar-refractivity contribution in [1.82, 2.24) is 14.6 Å². The molecule has 0 atom stereocenters. The zero-order valence-corrected chi connectivity index (χ0v) is 13.2. The Morgan fingerprint density at radius 2 is 2.00 bits per heavy atom. The van der Waals surface area contributed by atoms with Gasteiger partial charge in [-0.3, -0.25) is 5.01 Å². The Morgan fingerprint density at radius 1 is 1.30 bits per heavy atom. The van der Waals surface area contributed by atoms with Gasteiger partial charge in [-0.15, -0.1) is 5.10 Å². The molecule has 0 unspecified atom stereocenters. The standard InChI is InChI=1S/C12H20N6.C2H6/c1-4-8-17(5-2)12-14-11(16(3)13)10-7-6-9-18(10)15-12;1-2/h6-7,9H,4-5,8,13H2,1-3H3;1-2H3. The molecule has 0 aliphatic heterocycles. The van der Waals surface area contributed by atoms with Crippen molar-refractivity contribution in [3.05, 3.63) is 18.3 Å². The third-order valence-corrected chi connectivity index (χ3v) is 2.85. The van der Waals surface area contributed by atoms with E-state index in [9.17, 15) is 0 Å². The van der Waals surface area contributed by atoms with Crippen LogP contribution in [0.5, 0.6) is 0 Å². The topological polar surface area (TPSA) is 62.7 Å². The average Bonchev–Trinajstić information content (AvgIpc) is 2.93. The smallest absolute Gasteiger partial charge is 0.245 e. The molecule has 0 spiro atoms. The van der Waals surface area contributed by atoms with Gasteiger partial charge in [0.2, 0.25) is 5.95 Å². The van der Waals surface area contributed by atoms with Crippen LogP contribution in [0.2, 0.25) is 0 Å². The predicted octanol–water partition coefficient (Wildman–Crippen LogP) is 2.30. The van der Waals surface area contributed by atoms with Gasteiger partial charge in [-0.25, -0.2) is 10.4 Å². The molecule has 0 aliphatic rings. The van der Waals surface area contributed by atoms with Crippen LogP contribution in [0, 0.1) is 0 Å². The van der Waals surface area contributed by atoms with Gasteiger partial charge in [0.15, 0.2) is 5.82 Å². The highest BCUT2D eigenvalue weighted by atomic mass is 15.5. The van der Waals surface area contributed by atoms with E-state index in [2.05, 4.69) is 28.8 Å². The zero-order chi connectivity index (χ0) is 15.1. The first-order valence-corrected chi connectivity index (χ1v) is 7.26. The molecule has 112 valence electrons. The maximum absolute atomic E-state index is 5.83. The number of hydrogen-bond donors (Lipinski definition) is 1. The van der Waals surface area contributed by atoms with Gasteiger partial charge in [0.05, 0.1) is 0 Å². The highest BCUT2D eigenvalue weighted by Gasteiger charge is 2.13. The molecule has 20 heavy (non-hydrogen) atoms. The fourth-order valence-electron chi connectivity index (χ4n) is 1.97. The summed E-state index contributed by atoms with van der Waals surface area (Å²) < 4.78 is 1.82. The van der Waals surface area contributed by atoms with Crippen LogP contribution in [0.1, 0.15) is 34.1 Å². The van der Waals surface area contributed by atoms with Crippen molar-refractivity contribution in [3.63, 3.8) is 0 Å². The minimum absolute atomic E-state index is 0.718. The molecular formula is C14H26N6. The first kappa shape index (κ1) is 16.2. The van der Waals surface area contributed by atoms with Crippen molar-refractivity contribution in [1.29, 1.82) is 0 Å². The lowest BCUT2D eigenvalue weighted by molar-refractivity contribution is 0.735. The summed E-state index contributed by atoms with van der Waals surface area (Å²) in [7, 11) is 1.79. The lowest BCUT2D eigenvalue weighted by atomic mass is 10.4.